The minimum absolute atomic E-state index is 0.0682. The van der Waals surface area contributed by atoms with Crippen molar-refractivity contribution < 1.29 is 8.42 Å². The van der Waals surface area contributed by atoms with E-state index < -0.39 is 21.3 Å². The molecule has 10 nitrogen and oxygen atoms in total. The molecule has 3 N–H and O–H groups in total. The molecule has 2 aromatic heterocycles. The van der Waals surface area contributed by atoms with Gasteiger partial charge in [-0.1, -0.05) is 24.3 Å². The zero-order chi connectivity index (χ0) is 20.4. The summed E-state index contributed by atoms with van der Waals surface area (Å²) in [5.41, 5.74) is 0.685. The van der Waals surface area contributed by atoms with E-state index in [1.807, 2.05) is 24.3 Å². The molecule has 11 heteroatoms. The standard InChI is InChI=1S/C18H16N6O4S/c25-17-15-7-14(4-5-16(15)22-18(26)23-17)29(27,28)21-8-12-2-1-3-13(6-12)9-24-11-19-10-20-24/h1-7,10-11,21H,8-9H2,(H2,22,23,25,26). The largest absolute Gasteiger partial charge is 0.326 e. The molecular weight excluding hydrogens is 396 g/mol. The van der Waals surface area contributed by atoms with E-state index >= 15 is 0 Å². The number of benzene rings is 2. The maximum Gasteiger partial charge on any atom is 0.326 e. The second-order valence-corrected chi connectivity index (χ2v) is 8.12. The molecule has 2 aromatic carbocycles. The van der Waals surface area contributed by atoms with Crippen LogP contribution in [0.4, 0.5) is 0 Å². The van der Waals surface area contributed by atoms with E-state index in [2.05, 4.69) is 24.8 Å². The first-order valence-corrected chi connectivity index (χ1v) is 10.1. The van der Waals surface area contributed by atoms with Crippen LogP contribution in [0.2, 0.25) is 0 Å². The van der Waals surface area contributed by atoms with Crippen LogP contribution in [0, 0.1) is 0 Å². The number of H-pyrrole nitrogens is 2. The zero-order valence-electron chi connectivity index (χ0n) is 15.0. The minimum atomic E-state index is -3.86. The van der Waals surface area contributed by atoms with Crippen molar-refractivity contribution in [1.29, 1.82) is 0 Å². The van der Waals surface area contributed by atoms with Crippen molar-refractivity contribution >= 4 is 20.9 Å². The molecule has 0 aliphatic rings. The third-order valence-electron chi connectivity index (χ3n) is 4.29. The molecule has 148 valence electrons. The molecule has 29 heavy (non-hydrogen) atoms. The van der Waals surface area contributed by atoms with Gasteiger partial charge in [0, 0.05) is 6.54 Å². The van der Waals surface area contributed by atoms with Crippen molar-refractivity contribution in [1.82, 2.24) is 29.5 Å². The topological polar surface area (TPSA) is 143 Å². The van der Waals surface area contributed by atoms with Crippen LogP contribution < -0.4 is 16.0 Å². The lowest BCUT2D eigenvalue weighted by molar-refractivity contribution is 0.581. The van der Waals surface area contributed by atoms with Gasteiger partial charge in [-0.3, -0.25) is 9.78 Å². The number of fused-ring (bicyclic) bond motifs is 1. The maximum atomic E-state index is 12.7. The highest BCUT2D eigenvalue weighted by molar-refractivity contribution is 7.89. The summed E-state index contributed by atoms with van der Waals surface area (Å²) in [5.74, 6) is 0. The highest BCUT2D eigenvalue weighted by atomic mass is 32.2. The van der Waals surface area contributed by atoms with Crippen LogP contribution in [-0.2, 0) is 23.1 Å². The molecule has 0 radical (unpaired) electrons. The number of hydrogen-bond donors (Lipinski definition) is 3. The molecule has 0 amide bonds. The summed E-state index contributed by atoms with van der Waals surface area (Å²) in [6.45, 7) is 0.597. The van der Waals surface area contributed by atoms with Gasteiger partial charge in [-0.25, -0.2) is 27.6 Å². The van der Waals surface area contributed by atoms with E-state index in [9.17, 15) is 18.0 Å². The Bertz CT molecular complexity index is 1390. The van der Waals surface area contributed by atoms with Crippen molar-refractivity contribution in [3.63, 3.8) is 0 Å². The highest BCUT2D eigenvalue weighted by Crippen LogP contribution is 2.15. The van der Waals surface area contributed by atoms with E-state index in [1.165, 1.54) is 24.5 Å². The molecule has 0 unspecified atom stereocenters. The molecule has 0 spiro atoms. The number of aromatic nitrogens is 5. The quantitative estimate of drug-likeness (QED) is 0.417. The first-order chi connectivity index (χ1) is 13.9. The molecule has 0 bridgehead atoms. The van der Waals surface area contributed by atoms with Crippen molar-refractivity contribution in [3.05, 3.63) is 87.1 Å². The van der Waals surface area contributed by atoms with Gasteiger partial charge in [-0.15, -0.1) is 0 Å². The fourth-order valence-corrected chi connectivity index (χ4v) is 3.96. The van der Waals surface area contributed by atoms with E-state index in [1.54, 1.807) is 11.0 Å². The van der Waals surface area contributed by atoms with E-state index in [0.29, 0.717) is 6.54 Å². The van der Waals surface area contributed by atoms with Crippen LogP contribution in [-0.4, -0.2) is 33.2 Å². The van der Waals surface area contributed by atoms with Gasteiger partial charge >= 0.3 is 5.69 Å². The van der Waals surface area contributed by atoms with Crippen LogP contribution in [0.5, 0.6) is 0 Å². The van der Waals surface area contributed by atoms with Gasteiger partial charge in [-0.05, 0) is 29.3 Å². The summed E-state index contributed by atoms with van der Waals surface area (Å²) in [7, 11) is -3.86. The summed E-state index contributed by atoms with van der Waals surface area (Å²) in [4.78, 5) is 31.6. The van der Waals surface area contributed by atoms with Crippen LogP contribution >= 0.6 is 0 Å². The van der Waals surface area contributed by atoms with Gasteiger partial charge < -0.3 is 4.98 Å². The van der Waals surface area contributed by atoms with Gasteiger partial charge in [0.2, 0.25) is 10.0 Å². The number of nitrogens with zero attached hydrogens (tertiary/aromatic N) is 3. The first-order valence-electron chi connectivity index (χ1n) is 8.57. The monoisotopic (exact) mass is 412 g/mol. The number of hydrogen-bond acceptors (Lipinski definition) is 6. The fraction of sp³-hybridized carbons (Fsp3) is 0.111. The van der Waals surface area contributed by atoms with Gasteiger partial charge in [0.25, 0.3) is 5.56 Å². The third kappa shape index (κ3) is 4.15. The highest BCUT2D eigenvalue weighted by Gasteiger charge is 2.15. The lowest BCUT2D eigenvalue weighted by Gasteiger charge is -2.09. The van der Waals surface area contributed by atoms with Gasteiger partial charge in [0.05, 0.1) is 22.3 Å². The van der Waals surface area contributed by atoms with Gasteiger partial charge in [0.15, 0.2) is 0 Å². The Morgan fingerprint density at radius 3 is 2.66 bits per heavy atom. The van der Waals surface area contributed by atoms with E-state index in [0.717, 1.165) is 11.1 Å². The summed E-state index contributed by atoms with van der Waals surface area (Å²) in [6, 6.07) is 11.4. The summed E-state index contributed by atoms with van der Waals surface area (Å²) in [5, 5.41) is 4.13. The Hall–Kier alpha value is -3.57. The second-order valence-electron chi connectivity index (χ2n) is 6.35. The van der Waals surface area contributed by atoms with Crippen LogP contribution in [0.15, 0.2) is 69.6 Å². The number of rotatable bonds is 6. The van der Waals surface area contributed by atoms with Crippen LogP contribution in [0.3, 0.4) is 0 Å². The predicted octanol–water partition coefficient (Wildman–Crippen LogP) is 0.335. The normalized spacial score (nSPS) is 11.7. The molecule has 0 fully saturated rings. The fourth-order valence-electron chi connectivity index (χ4n) is 2.91. The Kier molecular flexibility index (Phi) is 4.82. The summed E-state index contributed by atoms with van der Waals surface area (Å²) < 4.78 is 29.5. The lowest BCUT2D eigenvalue weighted by Crippen LogP contribution is -2.25. The van der Waals surface area contributed by atoms with Gasteiger partial charge in [0.1, 0.15) is 12.7 Å². The molecule has 4 aromatic rings. The second kappa shape index (κ2) is 7.45. The SMILES string of the molecule is O=c1[nH]c(=O)c2cc(S(=O)(=O)NCc3cccc(Cn4cncn4)c3)ccc2[nH]1. The van der Waals surface area contributed by atoms with Crippen LogP contribution in [0.1, 0.15) is 11.1 Å². The Balaban J connectivity index is 1.54. The Morgan fingerprint density at radius 1 is 1.03 bits per heavy atom. The average molecular weight is 412 g/mol. The molecular formula is C18H16N6O4S. The first kappa shape index (κ1) is 18.8. The Morgan fingerprint density at radius 2 is 1.86 bits per heavy atom. The van der Waals surface area contributed by atoms with Gasteiger partial charge in [-0.2, -0.15) is 5.10 Å². The number of sulfonamides is 1. The van der Waals surface area contributed by atoms with Crippen molar-refractivity contribution in [2.24, 2.45) is 0 Å². The van der Waals surface area contributed by atoms with E-state index in [4.69, 9.17) is 0 Å². The van der Waals surface area contributed by atoms with E-state index in [-0.39, 0.29) is 22.3 Å². The van der Waals surface area contributed by atoms with Crippen molar-refractivity contribution in [2.45, 2.75) is 18.0 Å². The smallest absolute Gasteiger partial charge is 0.307 e. The predicted molar refractivity (Wildman–Crippen MR) is 105 cm³/mol. The third-order valence-corrected chi connectivity index (χ3v) is 5.69. The van der Waals surface area contributed by atoms with Crippen LogP contribution in [0.25, 0.3) is 10.9 Å². The number of nitrogens with one attached hydrogen (secondary N) is 3. The molecule has 2 heterocycles. The molecule has 0 atom stereocenters. The summed E-state index contributed by atoms with van der Waals surface area (Å²) in [6.07, 6.45) is 3.05. The van der Waals surface area contributed by atoms with Crippen molar-refractivity contribution in [3.8, 4) is 0 Å². The molecule has 0 aliphatic heterocycles. The average Bonchev–Trinajstić information content (AvgIpc) is 3.19. The lowest BCUT2D eigenvalue weighted by atomic mass is 10.1. The minimum Gasteiger partial charge on any atom is -0.307 e. The molecule has 0 saturated heterocycles. The zero-order valence-corrected chi connectivity index (χ0v) is 15.8. The molecule has 0 saturated carbocycles. The molecule has 4 rings (SSSR count). The number of aromatic amines is 2. The Labute approximate surface area is 164 Å². The van der Waals surface area contributed by atoms with Crippen molar-refractivity contribution in [2.75, 3.05) is 0 Å². The molecule has 0 aliphatic carbocycles. The maximum absolute atomic E-state index is 12.7. The summed E-state index contributed by atoms with van der Waals surface area (Å²) >= 11 is 0.